The summed E-state index contributed by atoms with van der Waals surface area (Å²) in [5.74, 6) is 0.134. The highest BCUT2D eigenvalue weighted by atomic mass is 32.1. The fraction of sp³-hybridized carbons (Fsp3) is 0.185. The smallest absolute Gasteiger partial charge is 0.235 e. The minimum atomic E-state index is 0.0137. The van der Waals surface area contributed by atoms with Crippen molar-refractivity contribution in [3.63, 3.8) is 0 Å². The van der Waals surface area contributed by atoms with E-state index in [0.717, 1.165) is 73.7 Å². The highest BCUT2D eigenvalue weighted by Gasteiger charge is 2.25. The van der Waals surface area contributed by atoms with Gasteiger partial charge in [-0.2, -0.15) is 0 Å². The van der Waals surface area contributed by atoms with Crippen LogP contribution in [0.5, 0.6) is 0 Å². The van der Waals surface area contributed by atoms with Gasteiger partial charge in [-0.1, -0.05) is 12.8 Å². The molecule has 0 spiro atoms. The maximum absolute atomic E-state index is 13.9. The minimum absolute atomic E-state index is 0.0137. The van der Waals surface area contributed by atoms with Crippen LogP contribution in [0.2, 0.25) is 0 Å². The third-order valence-electron chi connectivity index (χ3n) is 7.29. The first-order valence-corrected chi connectivity index (χ1v) is 13.1. The highest BCUT2D eigenvalue weighted by molar-refractivity contribution is 7.24. The molecule has 2 aliphatic heterocycles. The molecule has 1 fully saturated rings. The average molecular weight is 505 g/mol. The Morgan fingerprint density at radius 1 is 0.973 bits per heavy atom. The standard InChI is InChI=1S/C27H20N8OS/c36-27(14-3-1-2-4-14)35-16-11-15(12-28-13-16)18-5-6-19-23(30-18)24(34-33-19)26-31-22-17(9-10-29-25(22)32-26)20-7-8-21(35)37-20/h5-14,33-34H,1-4H2. The van der Waals surface area contributed by atoms with Gasteiger partial charge in [-0.15, -0.1) is 11.3 Å². The van der Waals surface area contributed by atoms with Gasteiger partial charge in [0.15, 0.2) is 11.3 Å². The Morgan fingerprint density at radius 2 is 1.89 bits per heavy atom. The van der Waals surface area contributed by atoms with E-state index in [0.29, 0.717) is 17.0 Å². The summed E-state index contributed by atoms with van der Waals surface area (Å²) in [5.41, 5.74) is 5.58. The van der Waals surface area contributed by atoms with E-state index in [-0.39, 0.29) is 11.8 Å². The predicted octanol–water partition coefficient (Wildman–Crippen LogP) is 6.01. The summed E-state index contributed by atoms with van der Waals surface area (Å²) in [4.78, 5) is 38.3. The summed E-state index contributed by atoms with van der Waals surface area (Å²) < 4.78 is 2.84. The Morgan fingerprint density at radius 3 is 2.81 bits per heavy atom. The van der Waals surface area contributed by atoms with Crippen molar-refractivity contribution in [2.24, 2.45) is 5.92 Å². The van der Waals surface area contributed by atoms with E-state index in [9.17, 15) is 4.79 Å². The molecule has 0 saturated heterocycles. The second-order valence-corrected chi connectivity index (χ2v) is 10.6. The molecule has 1 aliphatic carbocycles. The number of carbonyl (C=O) groups is 1. The molecule has 1 saturated carbocycles. The third kappa shape index (κ3) is 3.15. The van der Waals surface area contributed by atoms with Crippen LogP contribution in [-0.4, -0.2) is 45.6 Å². The first-order valence-electron chi connectivity index (χ1n) is 12.3. The van der Waals surface area contributed by atoms with Crippen molar-refractivity contribution in [1.82, 2.24) is 39.7 Å². The number of fused-ring (bicyclic) bond motifs is 9. The van der Waals surface area contributed by atoms with Gasteiger partial charge in [0.25, 0.3) is 0 Å². The molecule has 0 aromatic carbocycles. The number of aromatic nitrogens is 8. The largest absolute Gasteiger partial charge is 0.298 e. The molecule has 37 heavy (non-hydrogen) atoms. The van der Waals surface area contributed by atoms with E-state index in [2.05, 4.69) is 20.2 Å². The normalized spacial score (nSPS) is 14.6. The van der Waals surface area contributed by atoms with Crippen LogP contribution in [-0.2, 0) is 0 Å². The van der Waals surface area contributed by atoms with Gasteiger partial charge < -0.3 is 0 Å². The van der Waals surface area contributed by atoms with Crippen LogP contribution in [0, 0.1) is 5.92 Å². The van der Waals surface area contributed by atoms with E-state index in [1.165, 1.54) is 0 Å². The van der Waals surface area contributed by atoms with E-state index >= 15 is 0 Å². The van der Waals surface area contributed by atoms with E-state index < -0.39 is 0 Å². The zero-order valence-electron chi connectivity index (χ0n) is 19.6. The monoisotopic (exact) mass is 504 g/mol. The third-order valence-corrected chi connectivity index (χ3v) is 8.40. The van der Waals surface area contributed by atoms with Gasteiger partial charge in [0.1, 0.15) is 21.7 Å². The Balaban J connectivity index is 1.57. The number of hydrogen-bond acceptors (Lipinski definition) is 7. The lowest BCUT2D eigenvalue weighted by atomic mass is 10.1. The summed E-state index contributed by atoms with van der Waals surface area (Å²) in [6.07, 6.45) is 9.32. The van der Waals surface area contributed by atoms with Crippen LogP contribution in [0.15, 0.2) is 55.0 Å². The maximum atomic E-state index is 13.9. The molecule has 5 aromatic rings. The van der Waals surface area contributed by atoms with Crippen LogP contribution in [0.4, 0.5) is 0 Å². The zero-order valence-corrected chi connectivity index (χ0v) is 20.4. The lowest BCUT2D eigenvalue weighted by Gasteiger charge is -2.12. The molecule has 8 bridgehead atoms. The number of thiophene rings is 1. The predicted molar refractivity (Wildman–Crippen MR) is 144 cm³/mol. The van der Waals surface area contributed by atoms with Crippen LogP contribution in [0.3, 0.4) is 0 Å². The van der Waals surface area contributed by atoms with Crippen molar-refractivity contribution in [2.45, 2.75) is 25.7 Å². The van der Waals surface area contributed by atoms with Crippen molar-refractivity contribution >= 4 is 70.9 Å². The summed E-state index contributed by atoms with van der Waals surface area (Å²) in [7, 11) is 0. The number of rotatable bonds is 1. The van der Waals surface area contributed by atoms with Gasteiger partial charge in [-0.25, -0.2) is 19.9 Å². The molecule has 10 heteroatoms. The zero-order chi connectivity index (χ0) is 24.5. The lowest BCUT2D eigenvalue weighted by molar-refractivity contribution is 0.0847. The number of nitrogens with one attached hydrogen (secondary N) is 2. The van der Waals surface area contributed by atoms with E-state index in [4.69, 9.17) is 15.0 Å². The molecule has 2 N–H and O–H groups in total. The van der Waals surface area contributed by atoms with Crippen molar-refractivity contribution in [3.05, 3.63) is 55.0 Å². The van der Waals surface area contributed by atoms with Crippen LogP contribution in [0.1, 0.15) is 30.5 Å². The molecular weight excluding hydrogens is 484 g/mol. The second kappa shape index (κ2) is 7.78. The Hall–Kier alpha value is -4.44. The Kier molecular flexibility index (Phi) is 4.36. The molecule has 180 valence electrons. The number of hydrogen-bond donors (Lipinski definition) is 2. The maximum Gasteiger partial charge on any atom is 0.235 e. The van der Waals surface area contributed by atoms with Crippen LogP contribution >= 0.6 is 11.3 Å². The van der Waals surface area contributed by atoms with Crippen molar-refractivity contribution in [2.75, 3.05) is 0 Å². The molecule has 0 amide bonds. The fourth-order valence-corrected chi connectivity index (χ4v) is 6.50. The summed E-state index contributed by atoms with van der Waals surface area (Å²) in [6.45, 7) is 0. The Labute approximate surface area is 213 Å². The number of H-pyrrole nitrogens is 2. The molecule has 5 aromatic heterocycles. The molecule has 0 radical (unpaired) electrons. The molecular formula is C27H20N8OS. The lowest BCUT2D eigenvalue weighted by Crippen LogP contribution is -2.19. The number of carbonyl (C=O) groups excluding carboxylic acids is 1. The topological polar surface area (TPSA) is 118 Å². The van der Waals surface area contributed by atoms with Gasteiger partial charge in [0.2, 0.25) is 5.91 Å². The first kappa shape index (κ1) is 20.7. The fourth-order valence-electron chi connectivity index (χ4n) is 5.44. The van der Waals surface area contributed by atoms with Crippen molar-refractivity contribution in [3.8, 4) is 11.4 Å². The molecule has 9 nitrogen and oxygen atoms in total. The molecule has 0 atom stereocenters. The van der Waals surface area contributed by atoms with Crippen LogP contribution in [0.25, 0.3) is 65.1 Å². The van der Waals surface area contributed by atoms with Crippen LogP contribution < -0.4 is 0 Å². The molecule has 7 heterocycles. The quantitative estimate of drug-likeness (QED) is 0.283. The summed E-state index contributed by atoms with van der Waals surface area (Å²) in [6, 6.07) is 11.9. The van der Waals surface area contributed by atoms with Gasteiger partial charge in [-0.3, -0.25) is 24.5 Å². The minimum Gasteiger partial charge on any atom is -0.298 e. The van der Waals surface area contributed by atoms with Crippen molar-refractivity contribution in [1.29, 1.82) is 0 Å². The molecule has 8 rings (SSSR count). The van der Waals surface area contributed by atoms with Gasteiger partial charge in [-0.05, 0) is 49.2 Å². The highest BCUT2D eigenvalue weighted by Crippen LogP contribution is 2.33. The number of imidazole rings is 1. The van der Waals surface area contributed by atoms with Gasteiger partial charge >= 0.3 is 0 Å². The molecule has 0 unspecified atom stereocenters. The van der Waals surface area contributed by atoms with E-state index in [1.54, 1.807) is 29.9 Å². The SMILES string of the molecule is O=C(C1CCCC1)n1c2cncc(c2)c2ccc3[nH][nH]c(c4nc5nccc(c6ccc1s6)c5n4)-c3n2. The van der Waals surface area contributed by atoms with E-state index in [1.807, 2.05) is 41.0 Å². The number of aromatic amines is 2. The van der Waals surface area contributed by atoms with Gasteiger partial charge in [0.05, 0.1) is 22.7 Å². The molecule has 3 aliphatic rings. The first-order chi connectivity index (χ1) is 18.2. The number of nitrogens with zero attached hydrogens (tertiary/aromatic N) is 6. The number of pyridine rings is 3. The second-order valence-electron chi connectivity index (χ2n) is 9.52. The van der Waals surface area contributed by atoms with Crippen molar-refractivity contribution < 1.29 is 4.79 Å². The average Bonchev–Trinajstić information content (AvgIpc) is 3.73. The Bertz CT molecular complexity index is 2040. The summed E-state index contributed by atoms with van der Waals surface area (Å²) in [5, 5.41) is 8.13. The summed E-state index contributed by atoms with van der Waals surface area (Å²) >= 11 is 1.56. The van der Waals surface area contributed by atoms with Gasteiger partial charge in [0, 0.05) is 33.8 Å².